The average Bonchev–Trinajstić information content (AvgIpc) is 2.29. The van der Waals surface area contributed by atoms with E-state index in [1.807, 2.05) is 24.3 Å². The summed E-state index contributed by atoms with van der Waals surface area (Å²) in [5, 5.41) is 5.76. The molecule has 0 amide bonds. The van der Waals surface area contributed by atoms with Crippen molar-refractivity contribution in [3.63, 3.8) is 0 Å². The van der Waals surface area contributed by atoms with Crippen LogP contribution in [0.1, 0.15) is 0 Å². The van der Waals surface area contributed by atoms with Gasteiger partial charge in [0.05, 0.1) is 10.7 Å². The van der Waals surface area contributed by atoms with Crippen LogP contribution in [0.15, 0.2) is 24.3 Å². The lowest BCUT2D eigenvalue weighted by molar-refractivity contribution is 0.385. The minimum atomic E-state index is -3.57. The predicted molar refractivity (Wildman–Crippen MR) is 68.3 cm³/mol. The molecule has 0 aromatic heterocycles. The maximum Gasteiger partial charge on any atom is 0.277 e. The normalized spacial score (nSPS) is 18.4. The van der Waals surface area contributed by atoms with E-state index < -0.39 is 10.2 Å². The van der Waals surface area contributed by atoms with Crippen LogP contribution in [-0.4, -0.2) is 38.9 Å². The second kappa shape index (κ2) is 4.81. The Balaban J connectivity index is 2.08. The summed E-state index contributed by atoms with van der Waals surface area (Å²) in [5.41, 5.74) is 0.934. The molecule has 0 bridgehead atoms. The van der Waals surface area contributed by atoms with E-state index in [1.54, 1.807) is 0 Å². The van der Waals surface area contributed by atoms with Crippen molar-refractivity contribution in [1.82, 2.24) is 4.31 Å². The fourth-order valence-electron chi connectivity index (χ4n) is 1.89. The van der Waals surface area contributed by atoms with E-state index in [1.165, 1.54) is 4.31 Å². The SMILES string of the molecule is NS(=O)(=O)N1CCN(c2ccccc2Cl)CC1. The van der Waals surface area contributed by atoms with Crippen LogP contribution in [0.2, 0.25) is 5.02 Å². The van der Waals surface area contributed by atoms with Crippen LogP contribution >= 0.6 is 11.6 Å². The Morgan fingerprint density at radius 3 is 2.24 bits per heavy atom. The molecule has 7 heteroatoms. The highest BCUT2D eigenvalue weighted by atomic mass is 35.5. The summed E-state index contributed by atoms with van der Waals surface area (Å²) in [6.45, 7) is 1.98. The number of nitrogens with two attached hydrogens (primary N) is 1. The van der Waals surface area contributed by atoms with Crippen LogP contribution in [0.25, 0.3) is 0 Å². The molecule has 0 unspecified atom stereocenters. The molecular formula is C10H14ClN3O2S. The summed E-state index contributed by atoms with van der Waals surface area (Å²) in [5.74, 6) is 0. The van der Waals surface area contributed by atoms with Gasteiger partial charge in [-0.3, -0.25) is 0 Å². The topological polar surface area (TPSA) is 66.6 Å². The van der Waals surface area contributed by atoms with Gasteiger partial charge < -0.3 is 4.90 Å². The Morgan fingerprint density at radius 2 is 1.71 bits per heavy atom. The van der Waals surface area contributed by atoms with Crippen LogP contribution in [0.3, 0.4) is 0 Å². The monoisotopic (exact) mass is 275 g/mol. The molecule has 1 aliphatic heterocycles. The molecule has 1 fully saturated rings. The molecule has 5 nitrogen and oxygen atoms in total. The maximum absolute atomic E-state index is 11.2. The average molecular weight is 276 g/mol. The van der Waals surface area contributed by atoms with Gasteiger partial charge >= 0.3 is 0 Å². The predicted octanol–water partition coefficient (Wildman–Crippen LogP) is 0.666. The molecule has 1 aliphatic rings. The molecule has 94 valence electrons. The third-order valence-electron chi connectivity index (χ3n) is 2.79. The van der Waals surface area contributed by atoms with Crippen LogP contribution in [0.4, 0.5) is 5.69 Å². The Kier molecular flexibility index (Phi) is 3.58. The minimum Gasteiger partial charge on any atom is -0.368 e. The number of benzene rings is 1. The Labute approximate surface area is 106 Å². The molecule has 1 aromatic carbocycles. The van der Waals surface area contributed by atoms with E-state index in [0.29, 0.717) is 31.2 Å². The Hall–Kier alpha value is -0.820. The number of nitrogens with zero attached hydrogens (tertiary/aromatic N) is 2. The third-order valence-corrected chi connectivity index (χ3v) is 4.20. The van der Waals surface area contributed by atoms with Crippen LogP contribution in [0.5, 0.6) is 0 Å². The van der Waals surface area contributed by atoms with E-state index in [0.717, 1.165) is 5.69 Å². The fraction of sp³-hybridized carbons (Fsp3) is 0.400. The van der Waals surface area contributed by atoms with Crippen molar-refractivity contribution >= 4 is 27.5 Å². The second-order valence-corrected chi connectivity index (χ2v) is 5.84. The lowest BCUT2D eigenvalue weighted by atomic mass is 10.2. The zero-order valence-electron chi connectivity index (χ0n) is 9.21. The number of para-hydroxylation sites is 1. The fourth-order valence-corrected chi connectivity index (χ4v) is 2.82. The first-order valence-corrected chi connectivity index (χ1v) is 7.14. The van der Waals surface area contributed by atoms with Crippen molar-refractivity contribution < 1.29 is 8.42 Å². The van der Waals surface area contributed by atoms with E-state index >= 15 is 0 Å². The molecule has 1 heterocycles. The van der Waals surface area contributed by atoms with Crippen molar-refractivity contribution in [2.45, 2.75) is 0 Å². The molecule has 2 N–H and O–H groups in total. The zero-order valence-corrected chi connectivity index (χ0v) is 10.8. The van der Waals surface area contributed by atoms with Crippen molar-refractivity contribution in [1.29, 1.82) is 0 Å². The van der Waals surface area contributed by atoms with Gasteiger partial charge in [0.2, 0.25) is 0 Å². The third kappa shape index (κ3) is 2.90. The van der Waals surface area contributed by atoms with Gasteiger partial charge in [-0.05, 0) is 12.1 Å². The van der Waals surface area contributed by atoms with E-state index in [-0.39, 0.29) is 0 Å². The summed E-state index contributed by atoms with van der Waals surface area (Å²) < 4.78 is 23.6. The van der Waals surface area contributed by atoms with Gasteiger partial charge in [0, 0.05) is 26.2 Å². The molecule has 0 spiro atoms. The first-order valence-electron chi connectivity index (χ1n) is 5.26. The van der Waals surface area contributed by atoms with Crippen molar-refractivity contribution in [3.8, 4) is 0 Å². The van der Waals surface area contributed by atoms with Gasteiger partial charge in [-0.1, -0.05) is 23.7 Å². The maximum atomic E-state index is 11.2. The molecular weight excluding hydrogens is 262 g/mol. The summed E-state index contributed by atoms with van der Waals surface area (Å²) in [6.07, 6.45) is 0. The highest BCUT2D eigenvalue weighted by Gasteiger charge is 2.24. The van der Waals surface area contributed by atoms with Gasteiger partial charge in [-0.25, -0.2) is 5.14 Å². The first-order chi connectivity index (χ1) is 7.98. The van der Waals surface area contributed by atoms with E-state index in [4.69, 9.17) is 16.7 Å². The first kappa shape index (κ1) is 12.6. The minimum absolute atomic E-state index is 0.393. The lowest BCUT2D eigenvalue weighted by Crippen LogP contribution is -2.50. The Morgan fingerprint density at radius 1 is 1.12 bits per heavy atom. The number of rotatable bonds is 2. The molecule has 1 aromatic rings. The van der Waals surface area contributed by atoms with Crippen LogP contribution in [0, 0.1) is 0 Å². The Bertz CT molecular complexity index is 498. The lowest BCUT2D eigenvalue weighted by Gasteiger charge is -2.34. The van der Waals surface area contributed by atoms with Gasteiger partial charge in [-0.2, -0.15) is 12.7 Å². The highest BCUT2D eigenvalue weighted by Crippen LogP contribution is 2.26. The summed E-state index contributed by atoms with van der Waals surface area (Å²) in [6, 6.07) is 7.53. The smallest absolute Gasteiger partial charge is 0.277 e. The number of piperazine rings is 1. The number of hydrogen-bond donors (Lipinski definition) is 1. The summed E-state index contributed by atoms with van der Waals surface area (Å²) in [4.78, 5) is 2.06. The molecule has 0 radical (unpaired) electrons. The molecule has 1 saturated heterocycles. The molecule has 2 rings (SSSR count). The molecule has 0 saturated carbocycles. The van der Waals surface area contributed by atoms with Crippen LogP contribution in [-0.2, 0) is 10.2 Å². The second-order valence-electron chi connectivity index (χ2n) is 3.88. The standard InChI is InChI=1S/C10H14ClN3O2S/c11-9-3-1-2-4-10(9)13-5-7-14(8-6-13)17(12,15)16/h1-4H,5-8H2,(H2,12,15,16). The zero-order chi connectivity index (χ0) is 12.5. The molecule has 0 aliphatic carbocycles. The van der Waals surface area contributed by atoms with E-state index in [9.17, 15) is 8.42 Å². The number of hydrogen-bond acceptors (Lipinski definition) is 3. The quantitative estimate of drug-likeness (QED) is 0.862. The van der Waals surface area contributed by atoms with Gasteiger partial charge in [0.25, 0.3) is 10.2 Å². The van der Waals surface area contributed by atoms with Crippen LogP contribution < -0.4 is 10.0 Å². The van der Waals surface area contributed by atoms with Gasteiger partial charge in [0.1, 0.15) is 0 Å². The largest absolute Gasteiger partial charge is 0.368 e. The van der Waals surface area contributed by atoms with Crippen molar-refractivity contribution in [2.75, 3.05) is 31.1 Å². The number of halogens is 1. The van der Waals surface area contributed by atoms with Gasteiger partial charge in [-0.15, -0.1) is 0 Å². The van der Waals surface area contributed by atoms with Crippen molar-refractivity contribution in [2.24, 2.45) is 5.14 Å². The molecule has 17 heavy (non-hydrogen) atoms. The van der Waals surface area contributed by atoms with E-state index in [2.05, 4.69) is 4.90 Å². The summed E-state index contributed by atoms with van der Waals surface area (Å²) >= 11 is 6.09. The summed E-state index contributed by atoms with van der Waals surface area (Å²) in [7, 11) is -3.57. The number of anilines is 1. The van der Waals surface area contributed by atoms with Gasteiger partial charge in [0.15, 0.2) is 0 Å². The highest BCUT2D eigenvalue weighted by molar-refractivity contribution is 7.86. The van der Waals surface area contributed by atoms with Crippen molar-refractivity contribution in [3.05, 3.63) is 29.3 Å². The molecule has 0 atom stereocenters.